The number of fused-ring (bicyclic) bond motifs is 1. The van der Waals surface area contributed by atoms with Gasteiger partial charge in [-0.1, -0.05) is 0 Å². The van der Waals surface area contributed by atoms with E-state index in [0.717, 1.165) is 12.1 Å². The highest BCUT2D eigenvalue weighted by Crippen LogP contribution is 2.47. The minimum atomic E-state index is -4.89. The first-order chi connectivity index (χ1) is 18.4. The summed E-state index contributed by atoms with van der Waals surface area (Å²) in [4.78, 5) is 13.8. The van der Waals surface area contributed by atoms with Crippen LogP contribution in [0.15, 0.2) is 42.5 Å². The molecule has 3 aromatic rings. The zero-order valence-electron chi connectivity index (χ0n) is 21.2. The summed E-state index contributed by atoms with van der Waals surface area (Å²) in [5.41, 5.74) is -1.25. The molecule has 39 heavy (non-hydrogen) atoms. The summed E-state index contributed by atoms with van der Waals surface area (Å²) in [6.07, 6.45) is -7.44. The number of anilines is 1. The topological polar surface area (TPSA) is 147 Å². The van der Waals surface area contributed by atoms with Crippen LogP contribution in [-0.4, -0.2) is 68.8 Å². The number of aliphatic hydroxyl groups excluding tert-OH is 1. The van der Waals surface area contributed by atoms with Crippen molar-refractivity contribution in [1.29, 1.82) is 0 Å². The number of aliphatic hydroxyl groups is 1. The number of nitrogens with zero attached hydrogens (tertiary/aromatic N) is 6. The van der Waals surface area contributed by atoms with E-state index in [1.807, 2.05) is 0 Å². The number of nitro benzene ring substituents is 1. The number of aromatic nitrogens is 4. The number of hydrogen-bond donors (Lipinski definition) is 1. The fraction of sp³-hybridized carbons (Fsp3) is 0.435. The van der Waals surface area contributed by atoms with Crippen LogP contribution in [0.3, 0.4) is 0 Å². The van der Waals surface area contributed by atoms with Crippen molar-refractivity contribution < 1.29 is 42.1 Å². The SMILES string of the molecule is COC(OC)[C@@]1(C)Oc2ccc([N+](=O)[O-])cc2[C@H](N(Cc2nnn(C)n2)c2ccc(OC(F)(F)F)cc2)[C@@H]1O. The molecule has 4 rings (SSSR count). The molecule has 1 N–H and O–H groups in total. The van der Waals surface area contributed by atoms with E-state index in [0.29, 0.717) is 5.69 Å². The number of aryl methyl sites for hydroxylation is 1. The third-order valence-electron chi connectivity index (χ3n) is 6.23. The zero-order valence-corrected chi connectivity index (χ0v) is 21.2. The highest BCUT2D eigenvalue weighted by atomic mass is 19.4. The molecular weight excluding hydrogens is 529 g/mol. The van der Waals surface area contributed by atoms with Crippen LogP contribution >= 0.6 is 0 Å². The summed E-state index contributed by atoms with van der Waals surface area (Å²) >= 11 is 0. The highest BCUT2D eigenvalue weighted by molar-refractivity contribution is 5.56. The molecule has 0 unspecified atom stereocenters. The van der Waals surface area contributed by atoms with Crippen LogP contribution in [0.2, 0.25) is 0 Å². The van der Waals surface area contributed by atoms with Gasteiger partial charge in [0.2, 0.25) is 0 Å². The summed E-state index contributed by atoms with van der Waals surface area (Å²) in [5, 5.41) is 35.4. The van der Waals surface area contributed by atoms with E-state index in [-0.39, 0.29) is 29.4 Å². The largest absolute Gasteiger partial charge is 0.573 e. The van der Waals surface area contributed by atoms with E-state index in [1.165, 1.54) is 49.3 Å². The minimum Gasteiger partial charge on any atom is -0.479 e. The van der Waals surface area contributed by atoms with Crippen LogP contribution in [0.1, 0.15) is 24.4 Å². The van der Waals surface area contributed by atoms with E-state index < -0.39 is 41.1 Å². The first-order valence-corrected chi connectivity index (χ1v) is 11.4. The second-order valence-electron chi connectivity index (χ2n) is 8.82. The quantitative estimate of drug-likeness (QED) is 0.237. The van der Waals surface area contributed by atoms with Gasteiger partial charge in [-0.15, -0.1) is 23.4 Å². The third kappa shape index (κ3) is 5.71. The summed E-state index contributed by atoms with van der Waals surface area (Å²) in [5.74, 6) is -0.0572. The lowest BCUT2D eigenvalue weighted by atomic mass is 9.83. The minimum absolute atomic E-state index is 0.0993. The number of methoxy groups -OCH3 is 2. The average molecular weight is 554 g/mol. The van der Waals surface area contributed by atoms with Gasteiger partial charge in [0.1, 0.15) is 17.6 Å². The van der Waals surface area contributed by atoms with Gasteiger partial charge in [0, 0.05) is 37.6 Å². The van der Waals surface area contributed by atoms with Crippen molar-refractivity contribution in [3.05, 3.63) is 64.0 Å². The Bertz CT molecular complexity index is 1320. The van der Waals surface area contributed by atoms with Gasteiger partial charge in [-0.25, -0.2) is 0 Å². The number of hydrogen-bond acceptors (Lipinski definition) is 11. The van der Waals surface area contributed by atoms with E-state index >= 15 is 0 Å². The van der Waals surface area contributed by atoms with E-state index in [4.69, 9.17) is 14.2 Å². The standard InChI is InChI=1S/C23H25F3N6O7/c1-22(21(36-3)37-4)20(33)19(16-11-14(32(34)35)7-10-17(16)39-22)31(12-18-27-29-30(2)28-18)13-5-8-15(9-6-13)38-23(24,25)26/h5-11,19-21,33H,12H2,1-4H3/t19-,20-,22-/m0/s1. The number of tetrazole rings is 1. The van der Waals surface area contributed by atoms with Gasteiger partial charge in [-0.05, 0) is 42.5 Å². The molecule has 0 radical (unpaired) electrons. The molecule has 0 fully saturated rings. The molecule has 0 spiro atoms. The fourth-order valence-electron chi connectivity index (χ4n) is 4.57. The predicted octanol–water partition coefficient (Wildman–Crippen LogP) is 2.90. The van der Waals surface area contributed by atoms with Gasteiger partial charge in [0.05, 0.1) is 24.6 Å². The molecule has 1 aromatic heterocycles. The van der Waals surface area contributed by atoms with Gasteiger partial charge in [0.25, 0.3) is 5.69 Å². The van der Waals surface area contributed by atoms with Gasteiger partial charge >= 0.3 is 6.36 Å². The predicted molar refractivity (Wildman–Crippen MR) is 127 cm³/mol. The summed E-state index contributed by atoms with van der Waals surface area (Å²) in [7, 11) is 4.26. The van der Waals surface area contributed by atoms with E-state index in [1.54, 1.807) is 18.9 Å². The lowest BCUT2D eigenvalue weighted by Gasteiger charge is -2.49. The van der Waals surface area contributed by atoms with Crippen LogP contribution < -0.4 is 14.4 Å². The Labute approximate surface area is 219 Å². The third-order valence-corrected chi connectivity index (χ3v) is 6.23. The molecule has 0 aliphatic carbocycles. The Morgan fingerprint density at radius 3 is 2.44 bits per heavy atom. The molecule has 2 heterocycles. The Kier molecular flexibility index (Phi) is 7.63. The van der Waals surface area contributed by atoms with Gasteiger partial charge in [-0.3, -0.25) is 10.1 Å². The van der Waals surface area contributed by atoms with Crippen LogP contribution in [-0.2, 0) is 23.1 Å². The molecule has 1 aliphatic rings. The number of benzene rings is 2. The van der Waals surface area contributed by atoms with Crippen LogP contribution in [0.25, 0.3) is 0 Å². The van der Waals surface area contributed by atoms with Gasteiger partial charge in [0.15, 0.2) is 17.7 Å². The van der Waals surface area contributed by atoms with E-state index in [9.17, 15) is 28.4 Å². The first kappa shape index (κ1) is 28.0. The lowest BCUT2D eigenvalue weighted by Crippen LogP contribution is -2.62. The summed E-state index contributed by atoms with van der Waals surface area (Å²) in [6, 6.07) is 7.72. The van der Waals surface area contributed by atoms with Crippen molar-refractivity contribution in [1.82, 2.24) is 20.2 Å². The maximum atomic E-state index is 12.7. The Morgan fingerprint density at radius 2 is 1.90 bits per heavy atom. The van der Waals surface area contributed by atoms with Gasteiger partial charge < -0.3 is 29.0 Å². The Hall–Kier alpha value is -4.02. The van der Waals surface area contributed by atoms with Gasteiger partial charge in [-0.2, -0.15) is 4.80 Å². The number of rotatable bonds is 9. The van der Waals surface area contributed by atoms with Crippen LogP contribution in [0.4, 0.5) is 24.5 Å². The molecule has 13 nitrogen and oxygen atoms in total. The summed E-state index contributed by atoms with van der Waals surface area (Å²) in [6.45, 7) is 1.45. The number of ether oxygens (including phenoxy) is 4. The maximum absolute atomic E-state index is 12.7. The van der Waals surface area contributed by atoms with Crippen molar-refractivity contribution in [2.45, 2.75) is 43.9 Å². The van der Waals surface area contributed by atoms with Crippen molar-refractivity contribution in [2.75, 3.05) is 19.1 Å². The number of non-ortho nitro benzene ring substituents is 1. The van der Waals surface area contributed by atoms with Crippen molar-refractivity contribution in [2.24, 2.45) is 7.05 Å². The van der Waals surface area contributed by atoms with E-state index in [2.05, 4.69) is 20.1 Å². The molecule has 210 valence electrons. The van der Waals surface area contributed by atoms with Crippen molar-refractivity contribution in [3.8, 4) is 11.5 Å². The Morgan fingerprint density at radius 1 is 1.23 bits per heavy atom. The second kappa shape index (κ2) is 10.6. The fourth-order valence-corrected chi connectivity index (χ4v) is 4.57. The first-order valence-electron chi connectivity index (χ1n) is 11.4. The number of halogens is 3. The van der Waals surface area contributed by atoms with Crippen LogP contribution in [0.5, 0.6) is 11.5 Å². The Balaban J connectivity index is 1.89. The van der Waals surface area contributed by atoms with Crippen molar-refractivity contribution in [3.63, 3.8) is 0 Å². The lowest BCUT2D eigenvalue weighted by molar-refractivity contribution is -0.385. The molecule has 3 atom stereocenters. The highest BCUT2D eigenvalue weighted by Gasteiger charge is 2.54. The molecule has 0 saturated heterocycles. The monoisotopic (exact) mass is 554 g/mol. The normalized spacial score (nSPS) is 20.8. The summed E-state index contributed by atoms with van der Waals surface area (Å²) < 4.78 is 59.2. The molecule has 0 saturated carbocycles. The number of nitro groups is 1. The second-order valence-corrected chi connectivity index (χ2v) is 8.82. The molecule has 0 bridgehead atoms. The average Bonchev–Trinajstić information content (AvgIpc) is 3.28. The number of alkyl halides is 3. The molecule has 0 amide bonds. The molecule has 16 heteroatoms. The van der Waals surface area contributed by atoms with Crippen molar-refractivity contribution >= 4 is 11.4 Å². The molecule has 1 aliphatic heterocycles. The van der Waals surface area contributed by atoms with Crippen LogP contribution in [0, 0.1) is 10.1 Å². The smallest absolute Gasteiger partial charge is 0.479 e. The maximum Gasteiger partial charge on any atom is 0.573 e. The molecule has 2 aromatic carbocycles. The zero-order chi connectivity index (χ0) is 28.5. The molecular formula is C23H25F3N6O7.